The highest BCUT2D eigenvalue weighted by Gasteiger charge is 2.71. The van der Waals surface area contributed by atoms with E-state index in [1.54, 1.807) is 29.2 Å². The fourth-order valence-electron chi connectivity index (χ4n) is 5.35. The van der Waals surface area contributed by atoms with E-state index in [1.165, 1.54) is 11.2 Å². The van der Waals surface area contributed by atoms with Crippen LogP contribution in [0.5, 0.6) is 0 Å². The molecule has 0 spiro atoms. The van der Waals surface area contributed by atoms with Gasteiger partial charge in [0.05, 0.1) is 16.6 Å². The van der Waals surface area contributed by atoms with Crippen molar-refractivity contribution < 1.29 is 45.2 Å². The molecule has 2 aromatic carbocycles. The van der Waals surface area contributed by atoms with Gasteiger partial charge in [0.15, 0.2) is 11.0 Å². The second kappa shape index (κ2) is 11.9. The molecule has 42 heavy (non-hydrogen) atoms. The van der Waals surface area contributed by atoms with Crippen LogP contribution in [0.1, 0.15) is 42.9 Å². The number of benzene rings is 2. The number of nitrogens with one attached hydrogen (secondary N) is 1. The molecule has 2 aliphatic heterocycles. The minimum Gasteiger partial charge on any atom is -0.369 e. The lowest BCUT2D eigenvalue weighted by Crippen LogP contribution is -2.54. The first-order chi connectivity index (χ1) is 19.5. The Kier molecular flexibility index (Phi) is 8.98. The molecule has 2 aliphatic rings. The quantitative estimate of drug-likeness (QED) is 0.466. The minimum absolute atomic E-state index is 0.0219. The number of amides is 2. The molecule has 2 N–H and O–H groups in total. The predicted molar refractivity (Wildman–Crippen MR) is 143 cm³/mol. The third-order valence-corrected chi connectivity index (χ3v) is 9.39. The predicted octanol–water partition coefficient (Wildman–Crippen LogP) is 4.53. The molecule has 0 aliphatic carbocycles. The topological polar surface area (TPSA) is 89.9 Å². The molecule has 1 fully saturated rings. The Morgan fingerprint density at radius 2 is 1.57 bits per heavy atom. The van der Waals surface area contributed by atoms with Crippen molar-refractivity contribution in [3.63, 3.8) is 0 Å². The van der Waals surface area contributed by atoms with Crippen LogP contribution in [0.2, 0.25) is 0 Å². The van der Waals surface area contributed by atoms with Gasteiger partial charge < -0.3 is 15.3 Å². The van der Waals surface area contributed by atoms with Crippen molar-refractivity contribution in [3.05, 3.63) is 59.2 Å². The molecule has 4 rings (SSSR count). The molecule has 2 heterocycles. The van der Waals surface area contributed by atoms with E-state index < -0.39 is 40.5 Å². The third-order valence-electron chi connectivity index (χ3n) is 7.86. The standard InChI is InChI=1S/C28H31F6N3O4S/c1-17-3-8-23(9-4-17)42(41)37-22(16-35-25(39)19-11-13-36(14-12-19)18(2)38)7-5-20-15-21(6-10-24(20)37)26(40,27(29,30)31)28(32,33)34/h3-4,6,8-10,15,19,22,40H,5,7,11-14,16H2,1-2H3,(H,35,39)/t22-,42?/m0/s1. The number of rotatable bonds is 6. The maximum atomic E-state index is 13.8. The summed E-state index contributed by atoms with van der Waals surface area (Å²) >= 11 is 0. The lowest BCUT2D eigenvalue weighted by Gasteiger charge is -2.39. The molecule has 2 atom stereocenters. The Morgan fingerprint density at radius 3 is 2.12 bits per heavy atom. The first-order valence-electron chi connectivity index (χ1n) is 13.3. The zero-order chi connectivity index (χ0) is 31.0. The van der Waals surface area contributed by atoms with Gasteiger partial charge in [0.1, 0.15) is 0 Å². The maximum Gasteiger partial charge on any atom is 0.430 e. The Bertz CT molecular complexity index is 1330. The zero-order valence-corrected chi connectivity index (χ0v) is 23.7. The summed E-state index contributed by atoms with van der Waals surface area (Å²) in [4.78, 5) is 26.5. The van der Waals surface area contributed by atoms with Crippen LogP contribution in [0.3, 0.4) is 0 Å². The number of piperidine rings is 1. The highest BCUT2D eigenvalue weighted by molar-refractivity contribution is 7.86. The summed E-state index contributed by atoms with van der Waals surface area (Å²) in [6.07, 6.45) is -10.9. The van der Waals surface area contributed by atoms with Crippen LogP contribution in [0.25, 0.3) is 0 Å². The van der Waals surface area contributed by atoms with Crippen LogP contribution in [-0.2, 0) is 32.6 Å². The number of hydrogen-bond donors (Lipinski definition) is 2. The van der Waals surface area contributed by atoms with E-state index in [4.69, 9.17) is 0 Å². The van der Waals surface area contributed by atoms with Crippen LogP contribution in [0, 0.1) is 12.8 Å². The number of halogens is 6. The molecular formula is C28H31F6N3O4S. The lowest BCUT2D eigenvalue weighted by atomic mass is 9.88. The van der Waals surface area contributed by atoms with Crippen LogP contribution >= 0.6 is 0 Å². The van der Waals surface area contributed by atoms with Crippen molar-refractivity contribution in [1.29, 1.82) is 0 Å². The summed E-state index contributed by atoms with van der Waals surface area (Å²) in [5.41, 5.74) is -5.38. The molecule has 1 unspecified atom stereocenters. The van der Waals surface area contributed by atoms with E-state index in [1.807, 2.05) is 6.92 Å². The van der Waals surface area contributed by atoms with Crippen LogP contribution in [0.15, 0.2) is 47.4 Å². The molecule has 0 bridgehead atoms. The minimum atomic E-state index is -6.04. The summed E-state index contributed by atoms with van der Waals surface area (Å²) in [7, 11) is -1.93. The molecule has 0 saturated carbocycles. The molecule has 0 radical (unpaired) electrons. The van der Waals surface area contributed by atoms with Crippen molar-refractivity contribution in [1.82, 2.24) is 10.2 Å². The Morgan fingerprint density at radius 1 is 0.976 bits per heavy atom. The second-order valence-corrected chi connectivity index (χ2v) is 12.0. The largest absolute Gasteiger partial charge is 0.430 e. The average molecular weight is 620 g/mol. The van der Waals surface area contributed by atoms with Crippen LogP contribution in [-0.4, -0.2) is 64.1 Å². The number of carbonyl (C=O) groups excluding carboxylic acids is 2. The molecule has 7 nitrogen and oxygen atoms in total. The van der Waals surface area contributed by atoms with Crippen molar-refractivity contribution in [2.45, 2.75) is 68.4 Å². The Labute approximate surface area is 241 Å². The maximum absolute atomic E-state index is 13.8. The van der Waals surface area contributed by atoms with Gasteiger partial charge in [0.25, 0.3) is 5.60 Å². The van der Waals surface area contributed by atoms with Crippen LogP contribution < -0.4 is 9.62 Å². The van der Waals surface area contributed by atoms with Crippen molar-refractivity contribution >= 4 is 28.5 Å². The smallest absolute Gasteiger partial charge is 0.369 e. The summed E-state index contributed by atoms with van der Waals surface area (Å²) < 4.78 is 96.4. The SMILES string of the molecule is CC(=O)N1CCC(C(=O)NC[C@@H]2CCc3cc(C(O)(C(F)(F)F)C(F)(F)F)ccc3N2S(=O)c2ccc(C)cc2)CC1. The van der Waals surface area contributed by atoms with Gasteiger partial charge in [-0.15, -0.1) is 0 Å². The number of aliphatic hydroxyl groups is 1. The van der Waals surface area contributed by atoms with Gasteiger partial charge >= 0.3 is 12.4 Å². The van der Waals surface area contributed by atoms with Gasteiger partial charge in [-0.1, -0.05) is 29.8 Å². The molecule has 2 aromatic rings. The van der Waals surface area contributed by atoms with Gasteiger partial charge in [0, 0.05) is 38.0 Å². The fraction of sp³-hybridized carbons (Fsp3) is 0.500. The Hall–Kier alpha value is -3.13. The Balaban J connectivity index is 1.63. The molecule has 2 amide bonds. The summed E-state index contributed by atoms with van der Waals surface area (Å²) in [5, 5.41) is 12.8. The van der Waals surface area contributed by atoms with Gasteiger partial charge in [-0.2, -0.15) is 26.3 Å². The number of aryl methyl sites for hydroxylation is 2. The number of likely N-dealkylation sites (tertiary alicyclic amines) is 1. The summed E-state index contributed by atoms with van der Waals surface area (Å²) in [6.45, 7) is 4.20. The molecular weight excluding hydrogens is 588 g/mol. The number of nitrogens with zero attached hydrogens (tertiary/aromatic N) is 2. The third kappa shape index (κ3) is 6.14. The summed E-state index contributed by atoms with van der Waals surface area (Å²) in [6, 6.07) is 8.27. The molecule has 14 heteroatoms. The first kappa shape index (κ1) is 31.8. The number of carbonyl (C=O) groups is 2. The first-order valence-corrected chi connectivity index (χ1v) is 14.5. The summed E-state index contributed by atoms with van der Waals surface area (Å²) in [5.74, 6) is -0.658. The average Bonchev–Trinajstić information content (AvgIpc) is 2.93. The highest BCUT2D eigenvalue weighted by Crippen LogP contribution is 2.51. The zero-order valence-electron chi connectivity index (χ0n) is 22.9. The molecule has 1 saturated heterocycles. The van der Waals surface area contributed by atoms with E-state index >= 15 is 0 Å². The number of anilines is 1. The lowest BCUT2D eigenvalue weighted by molar-refractivity contribution is -0.376. The van der Waals surface area contributed by atoms with Crippen molar-refractivity contribution in [2.24, 2.45) is 5.92 Å². The second-order valence-electron chi connectivity index (χ2n) is 10.7. The van der Waals surface area contributed by atoms with Crippen molar-refractivity contribution in [2.75, 3.05) is 23.9 Å². The van der Waals surface area contributed by atoms with Crippen LogP contribution in [0.4, 0.5) is 32.0 Å². The van der Waals surface area contributed by atoms with Crippen molar-refractivity contribution in [3.8, 4) is 0 Å². The molecule has 0 aromatic heterocycles. The monoisotopic (exact) mass is 619 g/mol. The number of alkyl halides is 6. The van der Waals surface area contributed by atoms with E-state index in [-0.39, 0.29) is 48.4 Å². The van der Waals surface area contributed by atoms with E-state index in [0.29, 0.717) is 43.0 Å². The normalized spacial score (nSPS) is 19.3. The van der Waals surface area contributed by atoms with E-state index in [0.717, 1.165) is 11.6 Å². The van der Waals surface area contributed by atoms with Gasteiger partial charge in [0.2, 0.25) is 11.8 Å². The van der Waals surface area contributed by atoms with Gasteiger partial charge in [-0.25, -0.2) is 4.21 Å². The molecule has 230 valence electrons. The fourth-order valence-corrected chi connectivity index (χ4v) is 6.75. The van der Waals surface area contributed by atoms with E-state index in [9.17, 15) is 45.2 Å². The van der Waals surface area contributed by atoms with Gasteiger partial charge in [-0.3, -0.25) is 13.9 Å². The number of fused-ring (bicyclic) bond motifs is 1. The highest BCUT2D eigenvalue weighted by atomic mass is 32.2. The van der Waals surface area contributed by atoms with E-state index in [2.05, 4.69) is 5.32 Å². The van der Waals surface area contributed by atoms with Gasteiger partial charge in [-0.05, 0) is 56.4 Å². The number of hydrogen-bond acceptors (Lipinski definition) is 4.